The smallest absolute Gasteiger partial charge is 0.137 e. The van der Waals surface area contributed by atoms with Crippen LogP contribution in [0.25, 0.3) is 11.0 Å². The van der Waals surface area contributed by atoms with Crippen LogP contribution in [0.1, 0.15) is 37.2 Å². The minimum atomic E-state index is 0.817. The van der Waals surface area contributed by atoms with Gasteiger partial charge in [0.1, 0.15) is 11.3 Å². The zero-order valence-corrected chi connectivity index (χ0v) is 12.9. The largest absolute Gasteiger partial charge is 0.459 e. The second-order valence-electron chi connectivity index (χ2n) is 4.63. The summed E-state index contributed by atoms with van der Waals surface area (Å²) >= 11 is 3.57. The molecular weight excluding hydrogens is 290 g/mol. The summed E-state index contributed by atoms with van der Waals surface area (Å²) in [4.78, 5) is 0. The molecule has 0 aliphatic rings. The van der Waals surface area contributed by atoms with E-state index in [1.807, 2.05) is 0 Å². The summed E-state index contributed by atoms with van der Waals surface area (Å²) in [6, 6.07) is 4.28. The van der Waals surface area contributed by atoms with E-state index in [1.54, 1.807) is 0 Å². The highest BCUT2D eigenvalue weighted by Crippen LogP contribution is 2.32. The standard InChI is InChI=1S/C15H20BrNO/c1-4-6-12-13-8-11(16)7-10(3)15(13)18-14(12)9-17-5-2/h7-8,17H,4-6,9H2,1-3H3. The van der Waals surface area contributed by atoms with Crippen molar-refractivity contribution in [2.75, 3.05) is 6.54 Å². The van der Waals surface area contributed by atoms with Gasteiger partial charge < -0.3 is 9.73 Å². The van der Waals surface area contributed by atoms with Gasteiger partial charge >= 0.3 is 0 Å². The highest BCUT2D eigenvalue weighted by molar-refractivity contribution is 9.10. The van der Waals surface area contributed by atoms with Crippen LogP contribution >= 0.6 is 15.9 Å². The van der Waals surface area contributed by atoms with Crippen molar-refractivity contribution in [3.8, 4) is 0 Å². The second kappa shape index (κ2) is 5.89. The van der Waals surface area contributed by atoms with E-state index in [0.717, 1.165) is 41.7 Å². The number of fused-ring (bicyclic) bond motifs is 1. The second-order valence-corrected chi connectivity index (χ2v) is 5.55. The molecule has 0 amide bonds. The minimum absolute atomic E-state index is 0.817. The van der Waals surface area contributed by atoms with Crippen molar-refractivity contribution in [2.45, 2.75) is 40.2 Å². The van der Waals surface area contributed by atoms with Crippen LogP contribution in [0.2, 0.25) is 0 Å². The van der Waals surface area contributed by atoms with Crippen LogP contribution in [0.3, 0.4) is 0 Å². The third kappa shape index (κ3) is 2.62. The first kappa shape index (κ1) is 13.6. The summed E-state index contributed by atoms with van der Waals surface area (Å²) < 4.78 is 7.18. The van der Waals surface area contributed by atoms with Crippen molar-refractivity contribution < 1.29 is 4.42 Å². The molecule has 0 spiro atoms. The monoisotopic (exact) mass is 309 g/mol. The number of hydrogen-bond acceptors (Lipinski definition) is 2. The lowest BCUT2D eigenvalue weighted by atomic mass is 10.0. The number of furan rings is 1. The highest BCUT2D eigenvalue weighted by Gasteiger charge is 2.15. The lowest BCUT2D eigenvalue weighted by Crippen LogP contribution is -2.12. The van der Waals surface area contributed by atoms with Gasteiger partial charge in [0.15, 0.2) is 0 Å². The van der Waals surface area contributed by atoms with Crippen molar-refractivity contribution >= 4 is 26.9 Å². The molecule has 0 unspecified atom stereocenters. The summed E-state index contributed by atoms with van der Waals surface area (Å²) in [5, 5.41) is 4.61. The molecule has 2 aromatic rings. The lowest BCUT2D eigenvalue weighted by Gasteiger charge is -2.02. The number of halogens is 1. The lowest BCUT2D eigenvalue weighted by molar-refractivity contribution is 0.511. The molecule has 1 aromatic carbocycles. The molecule has 0 saturated heterocycles. The summed E-state index contributed by atoms with van der Waals surface area (Å²) in [6.45, 7) is 8.21. The molecule has 1 N–H and O–H groups in total. The first-order valence-electron chi connectivity index (χ1n) is 6.58. The fraction of sp³-hybridized carbons (Fsp3) is 0.467. The summed E-state index contributed by atoms with van der Waals surface area (Å²) in [5.41, 5.74) is 3.59. The molecular formula is C15H20BrNO. The van der Waals surface area contributed by atoms with Gasteiger partial charge in [-0.25, -0.2) is 0 Å². The van der Waals surface area contributed by atoms with E-state index < -0.39 is 0 Å². The van der Waals surface area contributed by atoms with Gasteiger partial charge in [-0.05, 0) is 37.6 Å². The molecule has 0 atom stereocenters. The van der Waals surface area contributed by atoms with Crippen LogP contribution in [0.5, 0.6) is 0 Å². The molecule has 3 heteroatoms. The Bertz CT molecular complexity index is 545. The topological polar surface area (TPSA) is 25.2 Å². The Labute approximate surface area is 117 Å². The van der Waals surface area contributed by atoms with E-state index in [2.05, 4.69) is 54.2 Å². The van der Waals surface area contributed by atoms with E-state index in [0.29, 0.717) is 0 Å². The molecule has 0 saturated carbocycles. The molecule has 0 radical (unpaired) electrons. The average Bonchev–Trinajstić information content (AvgIpc) is 2.66. The fourth-order valence-corrected chi connectivity index (χ4v) is 2.90. The van der Waals surface area contributed by atoms with Crippen molar-refractivity contribution in [1.29, 1.82) is 0 Å². The fourth-order valence-electron chi connectivity index (χ4n) is 2.33. The molecule has 98 valence electrons. The van der Waals surface area contributed by atoms with Gasteiger partial charge in [-0.1, -0.05) is 36.2 Å². The zero-order valence-electron chi connectivity index (χ0n) is 11.3. The van der Waals surface area contributed by atoms with Crippen molar-refractivity contribution in [3.63, 3.8) is 0 Å². The van der Waals surface area contributed by atoms with Crippen LogP contribution in [0.4, 0.5) is 0 Å². The first-order valence-corrected chi connectivity index (χ1v) is 7.37. The minimum Gasteiger partial charge on any atom is -0.459 e. The number of aryl methyl sites for hydroxylation is 2. The molecule has 2 nitrogen and oxygen atoms in total. The maximum absolute atomic E-state index is 6.06. The van der Waals surface area contributed by atoms with Gasteiger partial charge in [0, 0.05) is 15.4 Å². The Kier molecular flexibility index (Phi) is 4.46. The van der Waals surface area contributed by atoms with Crippen molar-refractivity contribution in [3.05, 3.63) is 33.5 Å². The van der Waals surface area contributed by atoms with Crippen LogP contribution in [-0.2, 0) is 13.0 Å². The molecule has 0 fully saturated rings. The van der Waals surface area contributed by atoms with Gasteiger partial charge in [0.2, 0.25) is 0 Å². The van der Waals surface area contributed by atoms with Crippen molar-refractivity contribution in [1.82, 2.24) is 5.32 Å². The van der Waals surface area contributed by atoms with Crippen LogP contribution < -0.4 is 5.32 Å². The maximum Gasteiger partial charge on any atom is 0.137 e. The molecule has 1 heterocycles. The van der Waals surface area contributed by atoms with Crippen LogP contribution in [-0.4, -0.2) is 6.54 Å². The molecule has 0 aliphatic heterocycles. The molecule has 0 aliphatic carbocycles. The number of rotatable bonds is 5. The van der Waals surface area contributed by atoms with E-state index in [4.69, 9.17) is 4.42 Å². The summed E-state index contributed by atoms with van der Waals surface area (Å²) in [5.74, 6) is 1.09. The molecule has 0 bridgehead atoms. The van der Waals surface area contributed by atoms with Crippen LogP contribution in [0, 0.1) is 6.92 Å². The summed E-state index contributed by atoms with van der Waals surface area (Å²) in [7, 11) is 0. The highest BCUT2D eigenvalue weighted by atomic mass is 79.9. The normalized spacial score (nSPS) is 11.3. The summed E-state index contributed by atoms with van der Waals surface area (Å²) in [6.07, 6.45) is 2.21. The SMILES string of the molecule is CCCc1c(CNCC)oc2c(C)cc(Br)cc12. The number of hydrogen-bond donors (Lipinski definition) is 1. The van der Waals surface area contributed by atoms with Gasteiger partial charge in [0.25, 0.3) is 0 Å². The number of nitrogens with one attached hydrogen (secondary N) is 1. The predicted molar refractivity (Wildman–Crippen MR) is 80.0 cm³/mol. The van der Waals surface area contributed by atoms with E-state index in [1.165, 1.54) is 16.5 Å². The third-order valence-electron chi connectivity index (χ3n) is 3.16. The van der Waals surface area contributed by atoms with E-state index in [-0.39, 0.29) is 0 Å². The zero-order chi connectivity index (χ0) is 13.1. The van der Waals surface area contributed by atoms with Crippen LogP contribution in [0.15, 0.2) is 21.0 Å². The number of benzene rings is 1. The van der Waals surface area contributed by atoms with Gasteiger partial charge in [-0.3, -0.25) is 0 Å². The van der Waals surface area contributed by atoms with Crippen molar-refractivity contribution in [2.24, 2.45) is 0 Å². The van der Waals surface area contributed by atoms with Gasteiger partial charge in [0.05, 0.1) is 6.54 Å². The average molecular weight is 310 g/mol. The molecule has 2 rings (SSSR count). The third-order valence-corrected chi connectivity index (χ3v) is 3.62. The Morgan fingerprint density at radius 1 is 1.28 bits per heavy atom. The Hall–Kier alpha value is -0.800. The quantitative estimate of drug-likeness (QED) is 0.875. The van der Waals surface area contributed by atoms with E-state index >= 15 is 0 Å². The molecule has 18 heavy (non-hydrogen) atoms. The molecule has 1 aromatic heterocycles. The van der Waals surface area contributed by atoms with E-state index in [9.17, 15) is 0 Å². The van der Waals surface area contributed by atoms with Gasteiger partial charge in [-0.15, -0.1) is 0 Å². The maximum atomic E-state index is 6.06. The Morgan fingerprint density at radius 3 is 2.72 bits per heavy atom. The predicted octanol–water partition coefficient (Wildman–Crippen LogP) is 4.57. The Balaban J connectivity index is 2.55. The Morgan fingerprint density at radius 2 is 2.06 bits per heavy atom. The van der Waals surface area contributed by atoms with Gasteiger partial charge in [-0.2, -0.15) is 0 Å². The first-order chi connectivity index (χ1) is 8.67.